The molecule has 0 spiro atoms. The van der Waals surface area contributed by atoms with Crippen LogP contribution in [0.25, 0.3) is 0 Å². The number of fused-ring (bicyclic) bond motifs is 1. The predicted molar refractivity (Wildman–Crippen MR) is 50.3 cm³/mol. The van der Waals surface area contributed by atoms with Crippen molar-refractivity contribution < 1.29 is 0 Å². The highest BCUT2D eigenvalue weighted by molar-refractivity contribution is 6.32. The molecule has 1 aromatic heterocycles. The number of nitrogens with zero attached hydrogens (tertiary/aromatic N) is 1. The molecule has 12 heavy (non-hydrogen) atoms. The molecule has 1 aliphatic rings. The Balaban J connectivity index is 2.49. The van der Waals surface area contributed by atoms with E-state index in [0.29, 0.717) is 10.8 Å². The lowest BCUT2D eigenvalue weighted by Gasteiger charge is -2.15. The van der Waals surface area contributed by atoms with E-state index in [4.69, 9.17) is 17.3 Å². The maximum absolute atomic E-state index is 5.86. The third-order valence-electron chi connectivity index (χ3n) is 2.28. The summed E-state index contributed by atoms with van der Waals surface area (Å²) in [6, 6.07) is 1.96. The predicted octanol–water partition coefficient (Wildman–Crippen LogP) is 2.20. The average Bonchev–Trinajstić information content (AvgIpc) is 2.07. The fourth-order valence-electron chi connectivity index (χ4n) is 1.62. The Kier molecular flexibility index (Phi) is 1.93. The van der Waals surface area contributed by atoms with Gasteiger partial charge in [-0.2, -0.15) is 0 Å². The highest BCUT2D eigenvalue weighted by Gasteiger charge is 2.12. The minimum atomic E-state index is 0.470. The van der Waals surface area contributed by atoms with Crippen LogP contribution in [0.3, 0.4) is 0 Å². The monoisotopic (exact) mass is 182 g/mol. The van der Waals surface area contributed by atoms with Crippen molar-refractivity contribution in [3.63, 3.8) is 0 Å². The number of hydrogen-bond donors (Lipinski definition) is 1. The molecule has 2 rings (SSSR count). The molecule has 64 valence electrons. The molecule has 0 bridgehead atoms. The minimum absolute atomic E-state index is 0.470. The van der Waals surface area contributed by atoms with Crippen LogP contribution in [-0.2, 0) is 12.8 Å². The number of rotatable bonds is 0. The fraction of sp³-hybridized carbons (Fsp3) is 0.444. The molecule has 1 aromatic rings. The van der Waals surface area contributed by atoms with E-state index >= 15 is 0 Å². The summed E-state index contributed by atoms with van der Waals surface area (Å²) in [5.74, 6) is 0.470. The molecule has 0 saturated carbocycles. The van der Waals surface area contributed by atoms with E-state index in [1.807, 2.05) is 6.07 Å². The number of aromatic nitrogens is 1. The summed E-state index contributed by atoms with van der Waals surface area (Å²) in [6.45, 7) is 0. The van der Waals surface area contributed by atoms with Gasteiger partial charge in [0.15, 0.2) is 0 Å². The highest BCUT2D eigenvalue weighted by Crippen LogP contribution is 2.25. The third kappa shape index (κ3) is 1.27. The maximum atomic E-state index is 5.86. The summed E-state index contributed by atoms with van der Waals surface area (Å²) < 4.78 is 0. The molecular weight excluding hydrogens is 172 g/mol. The maximum Gasteiger partial charge on any atom is 0.142 e. The first-order valence-corrected chi connectivity index (χ1v) is 4.59. The zero-order chi connectivity index (χ0) is 8.55. The van der Waals surface area contributed by atoms with Crippen LogP contribution in [0.1, 0.15) is 24.1 Å². The number of halogens is 1. The number of nitrogen functional groups attached to an aromatic ring is 1. The van der Waals surface area contributed by atoms with Gasteiger partial charge in [0.2, 0.25) is 0 Å². The number of hydrogen-bond acceptors (Lipinski definition) is 2. The number of pyridine rings is 1. The van der Waals surface area contributed by atoms with Crippen molar-refractivity contribution in [2.24, 2.45) is 0 Å². The topological polar surface area (TPSA) is 38.9 Å². The molecule has 0 saturated heterocycles. The average molecular weight is 183 g/mol. The molecule has 1 aliphatic carbocycles. The number of nitrogens with two attached hydrogens (primary N) is 1. The summed E-state index contributed by atoms with van der Waals surface area (Å²) in [6.07, 6.45) is 4.62. The van der Waals surface area contributed by atoms with Gasteiger partial charge in [0.05, 0.1) is 5.02 Å². The summed E-state index contributed by atoms with van der Waals surface area (Å²) >= 11 is 5.86. The molecule has 2 N–H and O–H groups in total. The van der Waals surface area contributed by atoms with E-state index in [9.17, 15) is 0 Å². The van der Waals surface area contributed by atoms with Gasteiger partial charge < -0.3 is 5.73 Å². The Hall–Kier alpha value is -0.760. The second kappa shape index (κ2) is 2.94. The smallest absolute Gasteiger partial charge is 0.142 e. The first-order valence-electron chi connectivity index (χ1n) is 4.21. The van der Waals surface area contributed by atoms with Crippen LogP contribution in [0.2, 0.25) is 5.02 Å². The van der Waals surface area contributed by atoms with Crippen LogP contribution >= 0.6 is 11.6 Å². The summed E-state index contributed by atoms with van der Waals surface area (Å²) in [7, 11) is 0. The van der Waals surface area contributed by atoms with E-state index in [2.05, 4.69) is 4.98 Å². The van der Waals surface area contributed by atoms with Crippen molar-refractivity contribution in [1.82, 2.24) is 4.98 Å². The standard InChI is InChI=1S/C9H11ClN2/c10-7-5-6-3-1-2-4-8(6)12-9(7)11/h5H,1-4H2,(H2,11,12). The molecule has 0 radical (unpaired) electrons. The van der Waals surface area contributed by atoms with Crippen LogP contribution in [0.15, 0.2) is 6.07 Å². The van der Waals surface area contributed by atoms with Crippen molar-refractivity contribution in [3.05, 3.63) is 22.3 Å². The van der Waals surface area contributed by atoms with Gasteiger partial charge in [-0.25, -0.2) is 4.98 Å². The van der Waals surface area contributed by atoms with Gasteiger partial charge in [-0.1, -0.05) is 11.6 Å². The third-order valence-corrected chi connectivity index (χ3v) is 2.58. The molecule has 2 nitrogen and oxygen atoms in total. The van der Waals surface area contributed by atoms with E-state index in [1.165, 1.54) is 18.4 Å². The van der Waals surface area contributed by atoms with Crippen LogP contribution in [0, 0.1) is 0 Å². The normalized spacial score (nSPS) is 15.8. The van der Waals surface area contributed by atoms with E-state index in [1.54, 1.807) is 0 Å². The Labute approximate surface area is 76.7 Å². The van der Waals surface area contributed by atoms with E-state index in [-0.39, 0.29) is 0 Å². The fourth-order valence-corrected chi connectivity index (χ4v) is 1.80. The summed E-state index contributed by atoms with van der Waals surface area (Å²) in [5, 5.41) is 0.593. The molecule has 1 heterocycles. The summed E-state index contributed by atoms with van der Waals surface area (Å²) in [5.41, 5.74) is 8.02. The lowest BCUT2D eigenvalue weighted by Crippen LogP contribution is -2.07. The van der Waals surface area contributed by atoms with Crippen LogP contribution in [0.4, 0.5) is 5.82 Å². The number of anilines is 1. The second-order valence-electron chi connectivity index (χ2n) is 3.17. The van der Waals surface area contributed by atoms with Gasteiger partial charge in [-0.3, -0.25) is 0 Å². The first kappa shape index (κ1) is 7.87. The van der Waals surface area contributed by atoms with Crippen molar-refractivity contribution in [3.8, 4) is 0 Å². The second-order valence-corrected chi connectivity index (χ2v) is 3.58. The number of aryl methyl sites for hydroxylation is 2. The molecule has 0 fully saturated rings. The Morgan fingerprint density at radius 1 is 1.33 bits per heavy atom. The highest BCUT2D eigenvalue weighted by atomic mass is 35.5. The van der Waals surface area contributed by atoms with Gasteiger partial charge in [-0.15, -0.1) is 0 Å². The lowest BCUT2D eigenvalue weighted by atomic mass is 9.96. The Morgan fingerprint density at radius 3 is 2.92 bits per heavy atom. The van der Waals surface area contributed by atoms with E-state index < -0.39 is 0 Å². The molecule has 0 unspecified atom stereocenters. The van der Waals surface area contributed by atoms with Crippen molar-refractivity contribution in [1.29, 1.82) is 0 Å². The SMILES string of the molecule is Nc1nc2c(cc1Cl)CCCC2. The van der Waals surface area contributed by atoms with Gasteiger partial charge in [0, 0.05) is 5.69 Å². The lowest BCUT2D eigenvalue weighted by molar-refractivity contribution is 0.669. The van der Waals surface area contributed by atoms with Gasteiger partial charge >= 0.3 is 0 Å². The largest absolute Gasteiger partial charge is 0.382 e. The molecule has 3 heteroatoms. The van der Waals surface area contributed by atoms with Crippen LogP contribution in [-0.4, -0.2) is 4.98 Å². The quantitative estimate of drug-likeness (QED) is 0.668. The molecular formula is C9H11ClN2. The summed E-state index contributed by atoms with van der Waals surface area (Å²) in [4.78, 5) is 4.26. The van der Waals surface area contributed by atoms with Crippen LogP contribution in [0.5, 0.6) is 0 Å². The van der Waals surface area contributed by atoms with E-state index in [0.717, 1.165) is 18.5 Å². The van der Waals surface area contributed by atoms with Gasteiger partial charge in [0.1, 0.15) is 5.82 Å². The van der Waals surface area contributed by atoms with Gasteiger partial charge in [-0.05, 0) is 37.3 Å². The zero-order valence-electron chi connectivity index (χ0n) is 6.81. The molecule has 0 aliphatic heterocycles. The molecule has 0 atom stereocenters. The van der Waals surface area contributed by atoms with Gasteiger partial charge in [0.25, 0.3) is 0 Å². The molecule has 0 aromatic carbocycles. The van der Waals surface area contributed by atoms with Crippen LogP contribution < -0.4 is 5.73 Å². The van der Waals surface area contributed by atoms with Crippen molar-refractivity contribution in [2.45, 2.75) is 25.7 Å². The van der Waals surface area contributed by atoms with Crippen molar-refractivity contribution >= 4 is 17.4 Å². The van der Waals surface area contributed by atoms with Crippen molar-refractivity contribution in [2.75, 3.05) is 5.73 Å². The first-order chi connectivity index (χ1) is 5.77. The minimum Gasteiger partial charge on any atom is -0.382 e. The zero-order valence-corrected chi connectivity index (χ0v) is 7.56. The Morgan fingerprint density at radius 2 is 2.08 bits per heavy atom. The Bertz CT molecular complexity index is 279. The molecule has 0 amide bonds.